The standard InChI is InChI=1S/C50H68/c1-36(10-11-37-16-24-43(25-17-37)49(6,7)46-30-22-41(23-31-46)35-48(4,5)42-32-33-42)47(2,3)34-40-20-28-45(29-21-40)50(8,9)44-26-18-39(19-27-44)15-14-38-12-13-38/h16-22,24-30,36,38,42H,10-15,23,31-35H2,1-9H3. The van der Waals surface area contributed by atoms with Crippen molar-refractivity contribution in [2.75, 3.05) is 0 Å². The molecule has 0 radical (unpaired) electrons. The molecular weight excluding hydrogens is 601 g/mol. The van der Waals surface area contributed by atoms with Gasteiger partial charge in [0.05, 0.1) is 0 Å². The van der Waals surface area contributed by atoms with Gasteiger partial charge in [-0.2, -0.15) is 0 Å². The molecule has 50 heavy (non-hydrogen) atoms. The fourth-order valence-corrected chi connectivity index (χ4v) is 8.76. The zero-order valence-electron chi connectivity index (χ0n) is 33.3. The third-order valence-electron chi connectivity index (χ3n) is 13.8. The summed E-state index contributed by atoms with van der Waals surface area (Å²) in [6.07, 6.45) is 20.5. The molecular formula is C50H68. The molecule has 3 aromatic carbocycles. The van der Waals surface area contributed by atoms with Crippen molar-refractivity contribution in [2.45, 2.75) is 150 Å². The Kier molecular flexibility index (Phi) is 10.8. The molecule has 0 aliphatic heterocycles. The van der Waals surface area contributed by atoms with Crippen LogP contribution in [0.15, 0.2) is 96.1 Å². The first-order valence-electron chi connectivity index (χ1n) is 20.3. The minimum Gasteiger partial charge on any atom is -0.0694 e. The lowest BCUT2D eigenvalue weighted by molar-refractivity contribution is 0.216. The number of allylic oxidation sites excluding steroid dienone is 4. The van der Waals surface area contributed by atoms with Crippen molar-refractivity contribution in [2.24, 2.45) is 28.6 Å². The Morgan fingerprint density at radius 1 is 0.560 bits per heavy atom. The Morgan fingerprint density at radius 2 is 1.08 bits per heavy atom. The van der Waals surface area contributed by atoms with Crippen molar-refractivity contribution >= 4 is 0 Å². The maximum absolute atomic E-state index is 2.48. The van der Waals surface area contributed by atoms with Crippen LogP contribution in [-0.4, -0.2) is 0 Å². The molecule has 0 spiro atoms. The fourth-order valence-electron chi connectivity index (χ4n) is 8.76. The third kappa shape index (κ3) is 8.95. The number of benzene rings is 3. The van der Waals surface area contributed by atoms with E-state index in [1.165, 1.54) is 97.6 Å². The van der Waals surface area contributed by atoms with E-state index in [4.69, 9.17) is 0 Å². The second-order valence-electron chi connectivity index (χ2n) is 19.4. The Morgan fingerprint density at radius 3 is 1.58 bits per heavy atom. The van der Waals surface area contributed by atoms with Crippen molar-refractivity contribution < 1.29 is 0 Å². The number of rotatable bonds is 16. The van der Waals surface area contributed by atoms with Crippen LogP contribution in [-0.2, 0) is 30.1 Å². The van der Waals surface area contributed by atoms with Crippen molar-refractivity contribution in [3.8, 4) is 0 Å². The van der Waals surface area contributed by atoms with Crippen LogP contribution in [0.25, 0.3) is 0 Å². The van der Waals surface area contributed by atoms with Gasteiger partial charge in [0.15, 0.2) is 0 Å². The molecule has 2 fully saturated rings. The van der Waals surface area contributed by atoms with Crippen molar-refractivity contribution in [1.29, 1.82) is 0 Å². The van der Waals surface area contributed by atoms with E-state index in [2.05, 4.69) is 147 Å². The molecule has 1 unspecified atom stereocenters. The van der Waals surface area contributed by atoms with Gasteiger partial charge in [0.25, 0.3) is 0 Å². The van der Waals surface area contributed by atoms with E-state index in [1.54, 1.807) is 11.1 Å². The van der Waals surface area contributed by atoms with E-state index in [1.807, 2.05) is 0 Å². The molecule has 0 saturated heterocycles. The first-order chi connectivity index (χ1) is 23.6. The molecule has 0 heteroatoms. The van der Waals surface area contributed by atoms with Crippen molar-refractivity contribution in [1.82, 2.24) is 0 Å². The minimum absolute atomic E-state index is 0.00156. The molecule has 0 amide bonds. The molecule has 0 aromatic heterocycles. The zero-order chi connectivity index (χ0) is 35.7. The summed E-state index contributed by atoms with van der Waals surface area (Å²) in [5.74, 6) is 2.58. The maximum Gasteiger partial charge on any atom is 0.0146 e. The van der Waals surface area contributed by atoms with Gasteiger partial charge in [-0.05, 0) is 126 Å². The first-order valence-corrected chi connectivity index (χ1v) is 20.3. The van der Waals surface area contributed by atoms with Gasteiger partial charge in [0, 0.05) is 10.8 Å². The average Bonchev–Trinajstić information content (AvgIpc) is 4.01. The zero-order valence-corrected chi connectivity index (χ0v) is 33.3. The van der Waals surface area contributed by atoms with Gasteiger partial charge < -0.3 is 0 Å². The maximum atomic E-state index is 2.48. The smallest absolute Gasteiger partial charge is 0.0146 e. The Hall–Kier alpha value is -2.86. The lowest BCUT2D eigenvalue weighted by Gasteiger charge is -2.33. The van der Waals surface area contributed by atoms with E-state index >= 15 is 0 Å². The Labute approximate surface area is 307 Å². The van der Waals surface area contributed by atoms with Crippen LogP contribution < -0.4 is 0 Å². The summed E-state index contributed by atoms with van der Waals surface area (Å²) in [7, 11) is 0. The van der Waals surface area contributed by atoms with Crippen molar-refractivity contribution in [3.05, 3.63) is 129 Å². The monoisotopic (exact) mass is 669 g/mol. The molecule has 268 valence electrons. The Bertz CT molecular complexity index is 1630. The van der Waals surface area contributed by atoms with Crippen LogP contribution in [0.4, 0.5) is 0 Å². The summed E-state index contributed by atoms with van der Waals surface area (Å²) < 4.78 is 0. The van der Waals surface area contributed by atoms with Gasteiger partial charge in [-0.1, -0.05) is 171 Å². The highest BCUT2D eigenvalue weighted by molar-refractivity contribution is 5.41. The number of hydrogen-bond donors (Lipinski definition) is 0. The van der Waals surface area contributed by atoms with Gasteiger partial charge in [0.2, 0.25) is 0 Å². The van der Waals surface area contributed by atoms with Crippen LogP contribution in [0.3, 0.4) is 0 Å². The summed E-state index contributed by atoms with van der Waals surface area (Å²) in [6, 6.07) is 28.7. The number of hydrogen-bond acceptors (Lipinski definition) is 0. The van der Waals surface area contributed by atoms with E-state index in [0.717, 1.165) is 24.7 Å². The lowest BCUT2D eigenvalue weighted by atomic mass is 9.71. The van der Waals surface area contributed by atoms with Crippen molar-refractivity contribution in [3.63, 3.8) is 0 Å². The predicted molar refractivity (Wildman–Crippen MR) is 217 cm³/mol. The highest BCUT2D eigenvalue weighted by Crippen LogP contribution is 2.50. The molecule has 0 nitrogen and oxygen atoms in total. The van der Waals surface area contributed by atoms with E-state index in [-0.39, 0.29) is 16.2 Å². The Balaban J connectivity index is 1.00. The van der Waals surface area contributed by atoms with Gasteiger partial charge in [-0.3, -0.25) is 0 Å². The van der Waals surface area contributed by atoms with E-state index in [9.17, 15) is 0 Å². The van der Waals surface area contributed by atoms with Crippen LogP contribution >= 0.6 is 0 Å². The van der Waals surface area contributed by atoms with Crippen LogP contribution in [0.1, 0.15) is 153 Å². The largest absolute Gasteiger partial charge is 0.0694 e. The molecule has 0 N–H and O–H groups in total. The summed E-state index contributed by atoms with van der Waals surface area (Å²) in [5, 5.41) is 0. The minimum atomic E-state index is 0.00156. The topological polar surface area (TPSA) is 0 Å². The van der Waals surface area contributed by atoms with Gasteiger partial charge >= 0.3 is 0 Å². The molecule has 0 heterocycles. The molecule has 2 saturated carbocycles. The van der Waals surface area contributed by atoms with E-state index in [0.29, 0.717) is 11.3 Å². The van der Waals surface area contributed by atoms with Gasteiger partial charge in [-0.25, -0.2) is 0 Å². The summed E-state index contributed by atoms with van der Waals surface area (Å²) in [6.45, 7) is 22.0. The number of aryl methyl sites for hydroxylation is 2. The predicted octanol–water partition coefficient (Wildman–Crippen LogP) is 13.9. The summed E-state index contributed by atoms with van der Waals surface area (Å²) >= 11 is 0. The average molecular weight is 669 g/mol. The SMILES string of the molecule is CC(CCc1ccc(C(C)(C)C2=CC=C(CC(C)(C)C3CC3)CC2)cc1)C(C)(C)Cc1ccc(C(C)(C)c2ccc(CCC3CC3)cc2)cc1. The molecule has 6 rings (SSSR count). The highest BCUT2D eigenvalue weighted by Gasteiger charge is 2.38. The van der Waals surface area contributed by atoms with Crippen LogP contribution in [0.2, 0.25) is 0 Å². The second-order valence-corrected chi connectivity index (χ2v) is 19.4. The molecule has 1 atom stereocenters. The summed E-state index contributed by atoms with van der Waals surface area (Å²) in [4.78, 5) is 0. The van der Waals surface area contributed by atoms with Crippen LogP contribution in [0, 0.1) is 28.6 Å². The molecule has 0 bridgehead atoms. The second kappa shape index (κ2) is 14.6. The molecule has 3 aromatic rings. The fraction of sp³-hybridized carbons (Fsp3) is 0.560. The van der Waals surface area contributed by atoms with Gasteiger partial charge in [-0.15, -0.1) is 0 Å². The van der Waals surface area contributed by atoms with Crippen LogP contribution in [0.5, 0.6) is 0 Å². The third-order valence-corrected chi connectivity index (χ3v) is 13.8. The van der Waals surface area contributed by atoms with Gasteiger partial charge in [0.1, 0.15) is 0 Å². The molecule has 3 aliphatic carbocycles. The highest BCUT2D eigenvalue weighted by atomic mass is 14.4. The lowest BCUT2D eigenvalue weighted by Crippen LogP contribution is -2.25. The first kappa shape index (κ1) is 36.9. The summed E-state index contributed by atoms with van der Waals surface area (Å²) in [5.41, 5.74) is 12.7. The quantitative estimate of drug-likeness (QED) is 0.142. The normalized spacial score (nSPS) is 18.1. The molecule has 3 aliphatic rings. The van der Waals surface area contributed by atoms with E-state index < -0.39 is 0 Å².